The Morgan fingerprint density at radius 1 is 1.24 bits per heavy atom. The number of rotatable bonds is 5. The van der Waals surface area contributed by atoms with E-state index in [0.29, 0.717) is 12.5 Å². The van der Waals surface area contributed by atoms with E-state index in [1.165, 1.54) is 0 Å². The number of carbonyl (C=O) groups excluding carboxylic acids is 1. The number of benzene rings is 1. The second kappa shape index (κ2) is 7.20. The second-order valence-electron chi connectivity index (χ2n) is 6.92. The molecule has 1 fully saturated rings. The molecule has 25 heavy (non-hydrogen) atoms. The molecule has 0 spiro atoms. The Balaban J connectivity index is 1.83. The molecular weight excluding hydrogens is 334 g/mol. The maximum Gasteiger partial charge on any atom is 0.251 e. The zero-order chi connectivity index (χ0) is 18.1. The van der Waals surface area contributed by atoms with Crippen LogP contribution in [0.3, 0.4) is 0 Å². The lowest BCUT2D eigenvalue weighted by molar-refractivity contribution is -0.120. The number of hydrogen-bond acceptors (Lipinski definition) is 2. The summed E-state index contributed by atoms with van der Waals surface area (Å²) in [6.45, 7) is 9.03. The lowest BCUT2D eigenvalue weighted by Crippen LogP contribution is -2.28. The first-order chi connectivity index (χ1) is 12.0. The van der Waals surface area contributed by atoms with Gasteiger partial charge < -0.3 is 4.90 Å². The van der Waals surface area contributed by atoms with Gasteiger partial charge in [0.15, 0.2) is 0 Å². The van der Waals surface area contributed by atoms with E-state index in [-0.39, 0.29) is 11.9 Å². The fraction of sp³-hybridized carbons (Fsp3) is 0.500. The summed E-state index contributed by atoms with van der Waals surface area (Å²) in [7, 11) is 0. The van der Waals surface area contributed by atoms with Gasteiger partial charge in [0.1, 0.15) is 6.04 Å². The smallest absolute Gasteiger partial charge is 0.251 e. The van der Waals surface area contributed by atoms with Crippen molar-refractivity contribution < 1.29 is 4.79 Å². The van der Waals surface area contributed by atoms with Crippen LogP contribution in [0.15, 0.2) is 24.4 Å². The van der Waals surface area contributed by atoms with Gasteiger partial charge in [-0.15, -0.1) is 0 Å². The van der Waals surface area contributed by atoms with Crippen LogP contribution in [0.2, 0.25) is 5.02 Å². The molecule has 2 aromatic rings. The van der Waals surface area contributed by atoms with Crippen LogP contribution in [-0.4, -0.2) is 22.2 Å². The fourth-order valence-corrected chi connectivity index (χ4v) is 3.81. The molecule has 0 N–H and O–H groups in total. The third-order valence-corrected chi connectivity index (χ3v) is 5.86. The maximum atomic E-state index is 13.0. The molecule has 1 aliphatic rings. The number of anilines is 1. The molecule has 0 saturated carbocycles. The Labute approximate surface area is 154 Å². The summed E-state index contributed by atoms with van der Waals surface area (Å²) in [4.78, 5) is 14.8. The first-order valence-corrected chi connectivity index (χ1v) is 9.47. The Morgan fingerprint density at radius 2 is 1.88 bits per heavy atom. The van der Waals surface area contributed by atoms with Crippen LogP contribution in [0.1, 0.15) is 61.9 Å². The monoisotopic (exact) mass is 359 g/mol. The summed E-state index contributed by atoms with van der Waals surface area (Å²) in [5, 5.41) is 5.48. The molecule has 4 nitrogen and oxygen atoms in total. The molecule has 2 heterocycles. The summed E-state index contributed by atoms with van der Waals surface area (Å²) in [5.74, 6) is 0.579. The lowest BCUT2D eigenvalue weighted by atomic mass is 10.0. The van der Waals surface area contributed by atoms with Crippen molar-refractivity contribution in [2.75, 3.05) is 11.4 Å². The largest absolute Gasteiger partial charge is 0.310 e. The minimum Gasteiger partial charge on any atom is -0.310 e. The third-order valence-electron chi connectivity index (χ3n) is 5.26. The normalized spacial score (nSPS) is 17.8. The van der Waals surface area contributed by atoms with E-state index in [1.54, 1.807) is 0 Å². The van der Waals surface area contributed by atoms with Crippen molar-refractivity contribution in [3.05, 3.63) is 46.2 Å². The van der Waals surface area contributed by atoms with Crippen LogP contribution in [0.25, 0.3) is 0 Å². The van der Waals surface area contributed by atoms with E-state index in [1.807, 2.05) is 41.8 Å². The van der Waals surface area contributed by atoms with Crippen LogP contribution in [0.4, 0.5) is 5.69 Å². The van der Waals surface area contributed by atoms with E-state index in [4.69, 9.17) is 16.7 Å². The molecular formula is C20H26ClN3O. The number of halogens is 1. The summed E-state index contributed by atoms with van der Waals surface area (Å²) in [6.07, 6.45) is 4.88. The predicted octanol–water partition coefficient (Wildman–Crippen LogP) is 5.03. The van der Waals surface area contributed by atoms with Gasteiger partial charge in [0, 0.05) is 29.4 Å². The van der Waals surface area contributed by atoms with E-state index in [2.05, 4.69) is 19.9 Å². The van der Waals surface area contributed by atoms with Crippen molar-refractivity contribution in [1.82, 2.24) is 9.78 Å². The highest BCUT2D eigenvalue weighted by molar-refractivity contribution is 6.32. The van der Waals surface area contributed by atoms with Crippen molar-refractivity contribution in [1.29, 1.82) is 0 Å². The number of aromatic nitrogens is 2. The van der Waals surface area contributed by atoms with Crippen LogP contribution >= 0.6 is 11.6 Å². The SMILES string of the molecule is CCC(CC)c1ccn(C2CCN(c3cc(C)c(Cl)c(C)c3)C2=O)n1. The maximum absolute atomic E-state index is 13.0. The van der Waals surface area contributed by atoms with E-state index in [0.717, 1.165) is 46.8 Å². The zero-order valence-corrected chi connectivity index (χ0v) is 16.2. The molecule has 0 radical (unpaired) electrons. The van der Waals surface area contributed by atoms with Crippen LogP contribution in [0.5, 0.6) is 0 Å². The molecule has 1 aromatic carbocycles. The number of carbonyl (C=O) groups is 1. The van der Waals surface area contributed by atoms with Gasteiger partial charge in [-0.25, -0.2) is 0 Å². The van der Waals surface area contributed by atoms with Crippen molar-refractivity contribution >= 4 is 23.2 Å². The van der Waals surface area contributed by atoms with Gasteiger partial charge in [0.25, 0.3) is 5.91 Å². The summed E-state index contributed by atoms with van der Waals surface area (Å²) in [6, 6.07) is 5.84. The van der Waals surface area contributed by atoms with Crippen LogP contribution in [-0.2, 0) is 4.79 Å². The average molecular weight is 360 g/mol. The summed E-state index contributed by atoms with van der Waals surface area (Å²) < 4.78 is 1.85. The van der Waals surface area contributed by atoms with Gasteiger partial charge in [0.05, 0.1) is 5.69 Å². The highest BCUT2D eigenvalue weighted by Crippen LogP contribution is 2.33. The minimum atomic E-state index is -0.209. The molecule has 1 amide bonds. The number of hydrogen-bond donors (Lipinski definition) is 0. The molecule has 1 aliphatic heterocycles. The lowest BCUT2D eigenvalue weighted by Gasteiger charge is -2.19. The second-order valence-corrected chi connectivity index (χ2v) is 7.30. The van der Waals surface area contributed by atoms with Crippen molar-refractivity contribution in [3.8, 4) is 0 Å². The number of amides is 1. The topological polar surface area (TPSA) is 38.1 Å². The highest BCUT2D eigenvalue weighted by Gasteiger charge is 2.35. The van der Waals surface area contributed by atoms with Gasteiger partial charge in [-0.05, 0) is 62.4 Å². The quantitative estimate of drug-likeness (QED) is 0.750. The Morgan fingerprint density at radius 3 is 2.48 bits per heavy atom. The van der Waals surface area contributed by atoms with Crippen LogP contribution in [0, 0.1) is 13.8 Å². The predicted molar refractivity (Wildman–Crippen MR) is 102 cm³/mol. The molecule has 1 atom stereocenters. The number of nitrogens with zero attached hydrogens (tertiary/aromatic N) is 3. The first-order valence-electron chi connectivity index (χ1n) is 9.09. The molecule has 134 valence electrons. The Kier molecular flexibility index (Phi) is 5.19. The summed E-state index contributed by atoms with van der Waals surface area (Å²) >= 11 is 6.26. The molecule has 3 rings (SSSR count). The van der Waals surface area contributed by atoms with Crippen LogP contribution < -0.4 is 4.90 Å². The van der Waals surface area contributed by atoms with Crippen molar-refractivity contribution in [2.24, 2.45) is 0 Å². The fourth-order valence-electron chi connectivity index (χ4n) is 3.70. The highest BCUT2D eigenvalue weighted by atomic mass is 35.5. The Hall–Kier alpha value is -1.81. The van der Waals surface area contributed by atoms with Crippen molar-refractivity contribution in [3.63, 3.8) is 0 Å². The van der Waals surface area contributed by atoms with Gasteiger partial charge in [0.2, 0.25) is 0 Å². The standard InChI is InChI=1S/C20H26ClN3O/c1-5-15(6-2)17-7-10-24(22-17)18-8-9-23(20(18)25)16-11-13(3)19(21)14(4)12-16/h7,10-12,15,18H,5-6,8-9H2,1-4H3. The zero-order valence-electron chi connectivity index (χ0n) is 15.4. The molecule has 1 saturated heterocycles. The number of aryl methyl sites for hydroxylation is 2. The average Bonchev–Trinajstić information content (AvgIpc) is 3.20. The third kappa shape index (κ3) is 3.32. The molecule has 1 unspecified atom stereocenters. The van der Waals surface area contributed by atoms with E-state index in [9.17, 15) is 4.79 Å². The molecule has 0 bridgehead atoms. The van der Waals surface area contributed by atoms with Gasteiger partial charge >= 0.3 is 0 Å². The molecule has 1 aromatic heterocycles. The van der Waals surface area contributed by atoms with Gasteiger partial charge in [-0.1, -0.05) is 25.4 Å². The molecule has 0 aliphatic carbocycles. The summed E-state index contributed by atoms with van der Waals surface area (Å²) in [5.41, 5.74) is 4.03. The van der Waals surface area contributed by atoms with E-state index < -0.39 is 0 Å². The van der Waals surface area contributed by atoms with Gasteiger partial charge in [-0.3, -0.25) is 9.48 Å². The van der Waals surface area contributed by atoms with E-state index >= 15 is 0 Å². The van der Waals surface area contributed by atoms with Crippen molar-refractivity contribution in [2.45, 2.75) is 58.9 Å². The van der Waals surface area contributed by atoms with Gasteiger partial charge in [-0.2, -0.15) is 5.10 Å². The molecule has 5 heteroatoms. The first kappa shape index (κ1) is 18.0. The Bertz CT molecular complexity index is 756. The minimum absolute atomic E-state index is 0.111.